The van der Waals surface area contributed by atoms with Gasteiger partial charge in [0.1, 0.15) is 0 Å². The average Bonchev–Trinajstić information content (AvgIpc) is 2.61. The van der Waals surface area contributed by atoms with Gasteiger partial charge < -0.3 is 0 Å². The summed E-state index contributed by atoms with van der Waals surface area (Å²) < 4.78 is 0. The molecule has 0 bridgehead atoms. The number of piperazine rings is 1. The van der Waals surface area contributed by atoms with Crippen LogP contribution in [0.15, 0.2) is 0 Å². The molecule has 0 aliphatic carbocycles. The van der Waals surface area contributed by atoms with Gasteiger partial charge in [-0.05, 0) is 26.3 Å². The van der Waals surface area contributed by atoms with Crippen molar-refractivity contribution in [2.45, 2.75) is 25.8 Å². The second-order valence-electron chi connectivity index (χ2n) is 3.99. The molecule has 2 heteroatoms. The van der Waals surface area contributed by atoms with E-state index in [1.54, 1.807) is 0 Å². The Morgan fingerprint density at radius 3 is 3.08 bits per heavy atom. The summed E-state index contributed by atoms with van der Waals surface area (Å²) in [6.45, 7) is 7.94. The van der Waals surface area contributed by atoms with Crippen LogP contribution in [-0.4, -0.2) is 48.6 Å². The second kappa shape index (κ2) is 4.13. The van der Waals surface area contributed by atoms with E-state index in [4.69, 9.17) is 0 Å². The highest BCUT2D eigenvalue weighted by atomic mass is 15.3. The summed E-state index contributed by atoms with van der Waals surface area (Å²) in [7, 11) is 0. The molecule has 72 valence electrons. The number of hydrogen-bond acceptors (Lipinski definition) is 2. The van der Waals surface area contributed by atoms with Gasteiger partial charge in [0, 0.05) is 25.7 Å². The molecule has 2 rings (SSSR count). The molecule has 0 N–H and O–H groups in total. The van der Waals surface area contributed by atoms with Crippen LogP contribution < -0.4 is 0 Å². The molecule has 2 aliphatic heterocycles. The third-order valence-corrected chi connectivity index (χ3v) is 3.15. The van der Waals surface area contributed by atoms with Crippen molar-refractivity contribution in [2.24, 2.45) is 0 Å². The maximum absolute atomic E-state index is 3.16. The minimum atomic E-state index is 0.840. The fourth-order valence-electron chi connectivity index (χ4n) is 2.39. The van der Waals surface area contributed by atoms with E-state index in [0.29, 0.717) is 0 Å². The van der Waals surface area contributed by atoms with Gasteiger partial charge in [0.15, 0.2) is 0 Å². The maximum Gasteiger partial charge on any atom is 0.0602 e. The van der Waals surface area contributed by atoms with Crippen LogP contribution in [0.2, 0.25) is 0 Å². The molecule has 0 aromatic heterocycles. The van der Waals surface area contributed by atoms with Crippen LogP contribution in [0.25, 0.3) is 0 Å². The van der Waals surface area contributed by atoms with Gasteiger partial charge in [-0.15, -0.1) is 5.92 Å². The van der Waals surface area contributed by atoms with Crippen LogP contribution in [0, 0.1) is 11.8 Å². The molecule has 0 aromatic carbocycles. The van der Waals surface area contributed by atoms with E-state index in [1.807, 2.05) is 6.92 Å². The minimum Gasteiger partial charge on any atom is -0.298 e. The number of hydrogen-bond donors (Lipinski definition) is 0. The highest BCUT2D eigenvalue weighted by Crippen LogP contribution is 2.20. The van der Waals surface area contributed by atoms with Crippen molar-refractivity contribution in [1.82, 2.24) is 9.80 Å². The zero-order chi connectivity index (χ0) is 9.10. The molecule has 0 saturated carbocycles. The Balaban J connectivity index is 1.85. The summed E-state index contributed by atoms with van der Waals surface area (Å²) >= 11 is 0. The molecule has 0 amide bonds. The summed E-state index contributed by atoms with van der Waals surface area (Å²) in [4.78, 5) is 5.12. The normalized spacial score (nSPS) is 29.5. The highest BCUT2D eigenvalue weighted by molar-refractivity contribution is 4.99. The highest BCUT2D eigenvalue weighted by Gasteiger charge is 2.29. The lowest BCUT2D eigenvalue weighted by Gasteiger charge is -2.36. The predicted octanol–water partition coefficient (Wildman–Crippen LogP) is 0.790. The van der Waals surface area contributed by atoms with E-state index in [2.05, 4.69) is 21.6 Å². The van der Waals surface area contributed by atoms with Crippen molar-refractivity contribution in [3.8, 4) is 11.8 Å². The largest absolute Gasteiger partial charge is 0.298 e. The first-order valence-electron chi connectivity index (χ1n) is 5.26. The lowest BCUT2D eigenvalue weighted by Crippen LogP contribution is -2.50. The van der Waals surface area contributed by atoms with E-state index in [-0.39, 0.29) is 0 Å². The van der Waals surface area contributed by atoms with Crippen molar-refractivity contribution in [3.05, 3.63) is 0 Å². The first-order valence-corrected chi connectivity index (χ1v) is 5.26. The molecule has 2 heterocycles. The summed E-state index contributed by atoms with van der Waals surface area (Å²) in [5, 5.41) is 0. The summed E-state index contributed by atoms with van der Waals surface area (Å²) in [5.74, 6) is 6.12. The van der Waals surface area contributed by atoms with E-state index >= 15 is 0 Å². The van der Waals surface area contributed by atoms with Gasteiger partial charge in [0.05, 0.1) is 6.54 Å². The SMILES string of the molecule is CC#CCN1CCN2CCCC2C1. The van der Waals surface area contributed by atoms with Crippen LogP contribution in [0.3, 0.4) is 0 Å². The molecule has 2 saturated heterocycles. The van der Waals surface area contributed by atoms with Gasteiger partial charge in [-0.25, -0.2) is 0 Å². The molecule has 2 aliphatic rings. The zero-order valence-corrected chi connectivity index (χ0v) is 8.42. The van der Waals surface area contributed by atoms with Gasteiger partial charge in [-0.2, -0.15) is 0 Å². The smallest absolute Gasteiger partial charge is 0.0602 e. The Hall–Kier alpha value is -0.520. The third kappa shape index (κ3) is 2.04. The first-order chi connectivity index (χ1) is 6.40. The standard InChI is InChI=1S/C11H18N2/c1-2-3-6-12-8-9-13-7-4-5-11(13)10-12/h11H,4-10H2,1H3. The quantitative estimate of drug-likeness (QED) is 0.548. The van der Waals surface area contributed by atoms with E-state index in [0.717, 1.165) is 12.6 Å². The van der Waals surface area contributed by atoms with Gasteiger partial charge in [0.2, 0.25) is 0 Å². The molecule has 0 radical (unpaired) electrons. The lowest BCUT2D eigenvalue weighted by atomic mass is 10.1. The van der Waals surface area contributed by atoms with Crippen molar-refractivity contribution in [2.75, 3.05) is 32.7 Å². The van der Waals surface area contributed by atoms with Crippen molar-refractivity contribution in [1.29, 1.82) is 0 Å². The van der Waals surface area contributed by atoms with Crippen LogP contribution in [0.5, 0.6) is 0 Å². The second-order valence-corrected chi connectivity index (χ2v) is 3.99. The van der Waals surface area contributed by atoms with E-state index in [1.165, 1.54) is 39.0 Å². The summed E-state index contributed by atoms with van der Waals surface area (Å²) in [6.07, 6.45) is 2.80. The van der Waals surface area contributed by atoms with E-state index < -0.39 is 0 Å². The molecule has 0 aromatic rings. The molecule has 2 nitrogen and oxygen atoms in total. The lowest BCUT2D eigenvalue weighted by molar-refractivity contribution is 0.115. The van der Waals surface area contributed by atoms with Crippen LogP contribution >= 0.6 is 0 Å². The molecule has 13 heavy (non-hydrogen) atoms. The Bertz CT molecular complexity index is 226. The van der Waals surface area contributed by atoms with Crippen molar-refractivity contribution >= 4 is 0 Å². The van der Waals surface area contributed by atoms with Crippen LogP contribution in [0.4, 0.5) is 0 Å². The molecule has 0 spiro atoms. The monoisotopic (exact) mass is 178 g/mol. The van der Waals surface area contributed by atoms with Crippen molar-refractivity contribution in [3.63, 3.8) is 0 Å². The van der Waals surface area contributed by atoms with Crippen LogP contribution in [0.1, 0.15) is 19.8 Å². The maximum atomic E-state index is 3.16. The zero-order valence-electron chi connectivity index (χ0n) is 8.42. The Kier molecular flexibility index (Phi) is 2.87. The topological polar surface area (TPSA) is 6.48 Å². The Labute approximate surface area is 80.9 Å². The average molecular weight is 178 g/mol. The number of rotatable bonds is 1. The van der Waals surface area contributed by atoms with Gasteiger partial charge in [-0.3, -0.25) is 9.80 Å². The van der Waals surface area contributed by atoms with Crippen molar-refractivity contribution < 1.29 is 0 Å². The molecular formula is C11H18N2. The number of nitrogens with zero attached hydrogens (tertiary/aromatic N) is 2. The molecule has 1 unspecified atom stereocenters. The Morgan fingerprint density at radius 1 is 1.31 bits per heavy atom. The summed E-state index contributed by atoms with van der Waals surface area (Å²) in [5.41, 5.74) is 0. The fourth-order valence-corrected chi connectivity index (χ4v) is 2.39. The minimum absolute atomic E-state index is 0.840. The van der Waals surface area contributed by atoms with Crippen LogP contribution in [-0.2, 0) is 0 Å². The first kappa shape index (κ1) is 9.05. The molecule has 2 fully saturated rings. The van der Waals surface area contributed by atoms with E-state index in [9.17, 15) is 0 Å². The fraction of sp³-hybridized carbons (Fsp3) is 0.818. The Morgan fingerprint density at radius 2 is 2.23 bits per heavy atom. The van der Waals surface area contributed by atoms with Gasteiger partial charge in [0.25, 0.3) is 0 Å². The molecular weight excluding hydrogens is 160 g/mol. The predicted molar refractivity (Wildman–Crippen MR) is 54.5 cm³/mol. The van der Waals surface area contributed by atoms with Gasteiger partial charge in [-0.1, -0.05) is 5.92 Å². The summed E-state index contributed by atoms with van der Waals surface area (Å²) in [6, 6.07) is 0.840. The molecule has 1 atom stereocenters. The number of fused-ring (bicyclic) bond motifs is 1. The van der Waals surface area contributed by atoms with Gasteiger partial charge >= 0.3 is 0 Å². The third-order valence-electron chi connectivity index (χ3n) is 3.15.